The Morgan fingerprint density at radius 3 is 2.66 bits per heavy atom. The monoisotopic (exact) mass is 528 g/mol. The summed E-state index contributed by atoms with van der Waals surface area (Å²) in [5.41, 5.74) is -1.70. The Balaban J connectivity index is 1.44. The molecule has 0 aliphatic heterocycles. The number of carbonyl (C=O) groups excluding carboxylic acids is 1. The number of hydrogen-bond acceptors (Lipinski definition) is 6. The van der Waals surface area contributed by atoms with Crippen molar-refractivity contribution in [3.05, 3.63) is 57.8 Å². The summed E-state index contributed by atoms with van der Waals surface area (Å²) in [7, 11) is 0. The predicted molar refractivity (Wildman–Crippen MR) is 122 cm³/mol. The number of thiazole rings is 1. The number of aromatic nitrogens is 2. The van der Waals surface area contributed by atoms with Gasteiger partial charge >= 0.3 is 12.1 Å². The molecular weight excluding hydrogens is 512 g/mol. The number of nitrogens with zero attached hydrogens (tertiary/aromatic N) is 2. The summed E-state index contributed by atoms with van der Waals surface area (Å²) in [4.78, 5) is 31.9. The van der Waals surface area contributed by atoms with Gasteiger partial charge in [0, 0.05) is 23.2 Å². The van der Waals surface area contributed by atoms with Crippen LogP contribution in [0.5, 0.6) is 0 Å². The quantitative estimate of drug-likeness (QED) is 0.342. The summed E-state index contributed by atoms with van der Waals surface area (Å²) >= 11 is 7.16. The summed E-state index contributed by atoms with van der Waals surface area (Å²) in [6, 6.07) is 4.15. The average Bonchev–Trinajstić information content (AvgIpc) is 3.44. The number of hydrogen-bond donors (Lipinski definition) is 3. The smallest absolute Gasteiger partial charge is 0.419 e. The minimum atomic E-state index is -4.85. The number of amides is 1. The summed E-state index contributed by atoms with van der Waals surface area (Å²) in [6.07, 6.45) is -1.94. The fourth-order valence-corrected chi connectivity index (χ4v) is 4.70. The van der Waals surface area contributed by atoms with Crippen molar-refractivity contribution in [3.8, 4) is 11.3 Å². The van der Waals surface area contributed by atoms with E-state index in [9.17, 15) is 27.2 Å². The van der Waals surface area contributed by atoms with Crippen molar-refractivity contribution in [2.45, 2.75) is 31.5 Å². The molecule has 4 rings (SSSR count). The molecule has 1 aliphatic carbocycles. The molecule has 3 N–H and O–H groups in total. The molecule has 13 heteroatoms. The molecule has 0 saturated heterocycles. The number of aliphatic carboxylic acids is 1. The van der Waals surface area contributed by atoms with E-state index in [-0.39, 0.29) is 33.0 Å². The normalized spacial score (nSPS) is 17.9. The van der Waals surface area contributed by atoms with Crippen LogP contribution in [0.25, 0.3) is 11.3 Å². The van der Waals surface area contributed by atoms with Crippen LogP contribution in [0.1, 0.15) is 35.2 Å². The highest BCUT2D eigenvalue weighted by molar-refractivity contribution is 7.14. The zero-order chi connectivity index (χ0) is 25.3. The second-order valence-corrected chi connectivity index (χ2v) is 9.17. The molecule has 1 amide bonds. The predicted octanol–water partition coefficient (Wildman–Crippen LogP) is 5.93. The van der Waals surface area contributed by atoms with E-state index in [1.54, 1.807) is 0 Å². The van der Waals surface area contributed by atoms with Crippen LogP contribution in [-0.4, -0.2) is 33.0 Å². The number of rotatable bonds is 6. The van der Waals surface area contributed by atoms with E-state index in [0.29, 0.717) is 31.1 Å². The minimum Gasteiger partial charge on any atom is -0.481 e. The number of benzene rings is 1. The molecule has 184 valence electrons. The lowest BCUT2D eigenvalue weighted by molar-refractivity contribution is -0.141. The van der Waals surface area contributed by atoms with E-state index >= 15 is 0 Å². The molecular formula is C22H17ClF4N4O3S. The van der Waals surface area contributed by atoms with Crippen molar-refractivity contribution < 1.29 is 32.3 Å². The Hall–Kier alpha value is -3.25. The molecule has 0 bridgehead atoms. The van der Waals surface area contributed by atoms with Gasteiger partial charge < -0.3 is 10.4 Å². The van der Waals surface area contributed by atoms with Crippen LogP contribution in [-0.2, 0) is 11.0 Å². The highest BCUT2D eigenvalue weighted by atomic mass is 35.5. The van der Waals surface area contributed by atoms with Crippen molar-refractivity contribution in [1.29, 1.82) is 0 Å². The number of anilines is 2. The Labute approximate surface area is 205 Å². The van der Waals surface area contributed by atoms with Crippen LogP contribution in [0.4, 0.5) is 28.5 Å². The first kappa shape index (κ1) is 24.9. The lowest BCUT2D eigenvalue weighted by atomic mass is 10.1. The lowest BCUT2D eigenvalue weighted by Crippen LogP contribution is -2.19. The maximum atomic E-state index is 14.4. The molecule has 2 atom stereocenters. The number of carbonyl (C=O) groups is 2. The first-order valence-corrected chi connectivity index (χ1v) is 11.6. The minimum absolute atomic E-state index is 0.0470. The maximum absolute atomic E-state index is 14.4. The molecule has 1 fully saturated rings. The van der Waals surface area contributed by atoms with Gasteiger partial charge in [0.15, 0.2) is 5.13 Å². The first-order chi connectivity index (χ1) is 16.5. The van der Waals surface area contributed by atoms with E-state index in [1.807, 2.05) is 0 Å². The van der Waals surface area contributed by atoms with Crippen LogP contribution in [0.15, 0.2) is 35.8 Å². The van der Waals surface area contributed by atoms with Crippen LogP contribution in [0.3, 0.4) is 0 Å². The standard InChI is InChI=1S/C22H17ClF4N4O3S/c23-15-7-11(8-28-18(15)29-12-5-4-10(6-12)20(33)34)19(32)31-21-30-16(9-35-21)13-2-1-3-14(17(13)24)22(25,26)27/h1-3,7-10,12H,4-6H2,(H,28,29)(H,33,34)(H,30,31,32)/t10-,12+/m1/s1. The molecule has 35 heavy (non-hydrogen) atoms. The van der Waals surface area contributed by atoms with Gasteiger partial charge in [-0.3, -0.25) is 14.9 Å². The number of carboxylic acid groups (broad SMARTS) is 1. The van der Waals surface area contributed by atoms with E-state index in [4.69, 9.17) is 16.7 Å². The molecule has 2 heterocycles. The Morgan fingerprint density at radius 2 is 2.00 bits per heavy atom. The third-order valence-corrected chi connectivity index (χ3v) is 6.58. The topological polar surface area (TPSA) is 104 Å². The van der Waals surface area contributed by atoms with Crippen LogP contribution < -0.4 is 10.6 Å². The van der Waals surface area contributed by atoms with E-state index in [0.717, 1.165) is 17.4 Å². The Kier molecular flexibility index (Phi) is 6.95. The van der Waals surface area contributed by atoms with Crippen molar-refractivity contribution in [1.82, 2.24) is 9.97 Å². The summed E-state index contributed by atoms with van der Waals surface area (Å²) < 4.78 is 53.3. The number of nitrogens with one attached hydrogen (secondary N) is 2. The third-order valence-electron chi connectivity index (χ3n) is 5.53. The molecule has 3 aromatic rings. The zero-order valence-corrected chi connectivity index (χ0v) is 19.3. The molecule has 2 aromatic heterocycles. The van der Waals surface area contributed by atoms with Gasteiger partial charge in [-0.1, -0.05) is 17.7 Å². The Bertz CT molecular complexity index is 1280. The molecule has 1 aliphatic rings. The summed E-state index contributed by atoms with van der Waals surface area (Å²) in [6.45, 7) is 0. The van der Waals surface area contributed by atoms with Gasteiger partial charge in [0.05, 0.1) is 27.8 Å². The molecule has 0 unspecified atom stereocenters. The molecule has 0 radical (unpaired) electrons. The second kappa shape index (κ2) is 9.78. The molecule has 1 aromatic carbocycles. The number of pyridine rings is 1. The highest BCUT2D eigenvalue weighted by Crippen LogP contribution is 2.36. The van der Waals surface area contributed by atoms with Gasteiger partial charge in [0.2, 0.25) is 0 Å². The molecule has 0 spiro atoms. The number of alkyl halides is 3. The van der Waals surface area contributed by atoms with Gasteiger partial charge in [-0.05, 0) is 37.5 Å². The van der Waals surface area contributed by atoms with Crippen LogP contribution in [0.2, 0.25) is 5.02 Å². The lowest BCUT2D eigenvalue weighted by Gasteiger charge is -2.14. The van der Waals surface area contributed by atoms with Gasteiger partial charge in [-0.2, -0.15) is 13.2 Å². The fourth-order valence-electron chi connectivity index (χ4n) is 3.77. The van der Waals surface area contributed by atoms with E-state index in [2.05, 4.69) is 20.6 Å². The van der Waals surface area contributed by atoms with E-state index in [1.165, 1.54) is 23.7 Å². The zero-order valence-electron chi connectivity index (χ0n) is 17.7. The largest absolute Gasteiger partial charge is 0.481 e. The van der Waals surface area contributed by atoms with Crippen molar-refractivity contribution >= 4 is 45.8 Å². The first-order valence-electron chi connectivity index (χ1n) is 10.3. The van der Waals surface area contributed by atoms with Crippen molar-refractivity contribution in [2.75, 3.05) is 10.6 Å². The van der Waals surface area contributed by atoms with Crippen molar-refractivity contribution in [3.63, 3.8) is 0 Å². The summed E-state index contributed by atoms with van der Waals surface area (Å²) in [5.74, 6) is -3.02. The van der Waals surface area contributed by atoms with Gasteiger partial charge in [-0.15, -0.1) is 11.3 Å². The van der Waals surface area contributed by atoms with Crippen LogP contribution in [0, 0.1) is 11.7 Å². The fraction of sp³-hybridized carbons (Fsp3) is 0.273. The number of halogens is 5. The highest BCUT2D eigenvalue weighted by Gasteiger charge is 2.35. The van der Waals surface area contributed by atoms with Gasteiger partial charge in [0.25, 0.3) is 5.91 Å². The molecule has 1 saturated carbocycles. The Morgan fingerprint density at radius 1 is 1.23 bits per heavy atom. The SMILES string of the molecule is O=C(Nc1nc(-c2cccc(C(F)(F)F)c2F)cs1)c1cnc(N[C@H]2CC[C@@H](C(=O)O)C2)c(Cl)c1. The van der Waals surface area contributed by atoms with Gasteiger partial charge in [-0.25, -0.2) is 14.4 Å². The van der Waals surface area contributed by atoms with Crippen LogP contribution >= 0.6 is 22.9 Å². The second-order valence-electron chi connectivity index (χ2n) is 7.90. The molecule has 7 nitrogen and oxygen atoms in total. The third kappa shape index (κ3) is 5.54. The summed E-state index contributed by atoms with van der Waals surface area (Å²) in [5, 5.41) is 16.2. The van der Waals surface area contributed by atoms with E-state index < -0.39 is 35.4 Å². The maximum Gasteiger partial charge on any atom is 0.419 e. The van der Waals surface area contributed by atoms with Crippen molar-refractivity contribution in [2.24, 2.45) is 5.92 Å². The van der Waals surface area contributed by atoms with Gasteiger partial charge in [0.1, 0.15) is 11.6 Å². The number of carboxylic acids is 1. The average molecular weight is 529 g/mol.